The standard InChI is InChI=1S/C11H13F9O2/c1-5(7(2,3)4)22-6(21)8(9(12,13)14,10(15,16)17)11(18,19)20/h5H,1-4H3. The minimum Gasteiger partial charge on any atom is -0.461 e. The van der Waals surface area contributed by atoms with Gasteiger partial charge in [-0.3, -0.25) is 4.79 Å². The van der Waals surface area contributed by atoms with Crippen LogP contribution < -0.4 is 0 Å². The molecule has 0 radical (unpaired) electrons. The van der Waals surface area contributed by atoms with Crippen molar-refractivity contribution in [1.82, 2.24) is 0 Å². The lowest BCUT2D eigenvalue weighted by molar-refractivity contribution is -0.413. The highest BCUT2D eigenvalue weighted by molar-refractivity contribution is 5.80. The number of carbonyl (C=O) groups is 1. The van der Waals surface area contributed by atoms with E-state index in [0.29, 0.717) is 0 Å². The Kier molecular flexibility index (Phi) is 5.19. The summed E-state index contributed by atoms with van der Waals surface area (Å²) in [4.78, 5) is 11.3. The Morgan fingerprint density at radius 2 is 1.05 bits per heavy atom. The van der Waals surface area contributed by atoms with Gasteiger partial charge in [0.2, 0.25) is 0 Å². The van der Waals surface area contributed by atoms with E-state index in [-0.39, 0.29) is 0 Å². The Morgan fingerprint density at radius 1 is 0.773 bits per heavy atom. The van der Waals surface area contributed by atoms with Crippen LogP contribution in [0.5, 0.6) is 0 Å². The van der Waals surface area contributed by atoms with Crippen molar-refractivity contribution in [3.05, 3.63) is 0 Å². The average Bonchev–Trinajstić information content (AvgIpc) is 2.07. The minimum absolute atomic E-state index is 0.895. The number of halogens is 9. The van der Waals surface area contributed by atoms with E-state index >= 15 is 0 Å². The van der Waals surface area contributed by atoms with Crippen molar-refractivity contribution in [1.29, 1.82) is 0 Å². The van der Waals surface area contributed by atoms with Crippen LogP contribution in [0.3, 0.4) is 0 Å². The number of esters is 1. The van der Waals surface area contributed by atoms with E-state index in [1.165, 1.54) is 20.8 Å². The molecule has 0 N–H and O–H groups in total. The van der Waals surface area contributed by atoms with Gasteiger partial charge in [-0.2, -0.15) is 39.5 Å². The Morgan fingerprint density at radius 3 is 1.23 bits per heavy atom. The molecule has 0 aromatic carbocycles. The van der Waals surface area contributed by atoms with Gasteiger partial charge in [0.1, 0.15) is 6.10 Å². The summed E-state index contributed by atoms with van der Waals surface area (Å²) in [5.74, 6) is -3.44. The molecule has 0 saturated carbocycles. The normalized spacial score (nSPS) is 16.4. The second-order valence-electron chi connectivity index (χ2n) is 5.66. The summed E-state index contributed by atoms with van der Waals surface area (Å²) in [6.07, 6.45) is -22.5. The average molecular weight is 348 g/mol. The lowest BCUT2D eigenvalue weighted by Gasteiger charge is -2.38. The summed E-state index contributed by atoms with van der Waals surface area (Å²) < 4.78 is 117. The highest BCUT2D eigenvalue weighted by atomic mass is 19.4. The van der Waals surface area contributed by atoms with Crippen LogP contribution in [0.1, 0.15) is 27.7 Å². The molecule has 1 atom stereocenters. The van der Waals surface area contributed by atoms with Gasteiger partial charge >= 0.3 is 29.9 Å². The molecule has 0 spiro atoms. The van der Waals surface area contributed by atoms with E-state index in [1.54, 1.807) is 0 Å². The molecule has 22 heavy (non-hydrogen) atoms. The molecule has 0 aliphatic carbocycles. The molecule has 0 aromatic rings. The zero-order valence-corrected chi connectivity index (χ0v) is 11.8. The molecule has 0 amide bonds. The fourth-order valence-corrected chi connectivity index (χ4v) is 1.26. The maximum Gasteiger partial charge on any atom is 0.422 e. The first-order valence-electron chi connectivity index (χ1n) is 5.71. The molecule has 0 aliphatic rings. The maximum absolute atomic E-state index is 12.6. The summed E-state index contributed by atoms with van der Waals surface area (Å²) in [6.45, 7) is 4.69. The third-order valence-electron chi connectivity index (χ3n) is 3.09. The van der Waals surface area contributed by atoms with Gasteiger partial charge in [0.15, 0.2) is 0 Å². The van der Waals surface area contributed by atoms with E-state index in [4.69, 9.17) is 0 Å². The highest BCUT2D eigenvalue weighted by Gasteiger charge is 2.89. The van der Waals surface area contributed by atoms with Crippen LogP contribution in [0.25, 0.3) is 0 Å². The second-order valence-corrected chi connectivity index (χ2v) is 5.66. The van der Waals surface area contributed by atoms with E-state index in [1.807, 2.05) is 0 Å². The van der Waals surface area contributed by atoms with Gasteiger partial charge in [0.05, 0.1) is 0 Å². The van der Waals surface area contributed by atoms with Crippen molar-refractivity contribution in [2.24, 2.45) is 10.8 Å². The minimum atomic E-state index is -6.96. The van der Waals surface area contributed by atoms with Crippen molar-refractivity contribution in [3.8, 4) is 0 Å². The molecule has 2 nitrogen and oxygen atoms in total. The van der Waals surface area contributed by atoms with Crippen LogP contribution in [0, 0.1) is 10.8 Å². The molecular weight excluding hydrogens is 335 g/mol. The second kappa shape index (κ2) is 5.48. The first-order chi connectivity index (χ1) is 9.30. The number of alkyl halides is 9. The molecule has 0 saturated heterocycles. The first kappa shape index (κ1) is 20.8. The topological polar surface area (TPSA) is 26.3 Å². The van der Waals surface area contributed by atoms with E-state index in [9.17, 15) is 44.3 Å². The molecule has 0 rings (SSSR count). The van der Waals surface area contributed by atoms with Crippen molar-refractivity contribution < 1.29 is 49.0 Å². The Bertz CT molecular complexity index is 375. The Labute approximate surface area is 119 Å². The molecular formula is C11H13F9O2. The first-order valence-corrected chi connectivity index (χ1v) is 5.71. The van der Waals surface area contributed by atoms with Crippen LogP contribution in [0.15, 0.2) is 0 Å². The van der Waals surface area contributed by atoms with Gasteiger partial charge < -0.3 is 4.74 Å². The molecule has 0 fully saturated rings. The summed E-state index contributed by atoms with van der Waals surface area (Å²) >= 11 is 0. The molecule has 132 valence electrons. The van der Waals surface area contributed by atoms with E-state index < -0.39 is 41.4 Å². The molecule has 11 heteroatoms. The van der Waals surface area contributed by atoms with Crippen molar-refractivity contribution in [3.63, 3.8) is 0 Å². The van der Waals surface area contributed by atoms with Crippen molar-refractivity contribution in [2.45, 2.75) is 52.3 Å². The van der Waals surface area contributed by atoms with Crippen LogP contribution >= 0.6 is 0 Å². The van der Waals surface area contributed by atoms with Crippen LogP contribution in [-0.4, -0.2) is 30.6 Å². The largest absolute Gasteiger partial charge is 0.461 e. The van der Waals surface area contributed by atoms with Gasteiger partial charge in [-0.25, -0.2) is 0 Å². The summed E-state index contributed by atoms with van der Waals surface area (Å²) in [6, 6.07) is 0. The maximum atomic E-state index is 12.6. The zero-order valence-electron chi connectivity index (χ0n) is 11.8. The third-order valence-corrected chi connectivity index (χ3v) is 3.09. The zero-order chi connectivity index (χ0) is 18.4. The molecule has 0 heterocycles. The van der Waals surface area contributed by atoms with Gasteiger partial charge in [0.25, 0.3) is 0 Å². The Balaban J connectivity index is 6.18. The third kappa shape index (κ3) is 3.43. The molecule has 1 unspecified atom stereocenters. The van der Waals surface area contributed by atoms with Crippen molar-refractivity contribution in [2.75, 3.05) is 0 Å². The Hall–Kier alpha value is -1.16. The fraction of sp³-hybridized carbons (Fsp3) is 0.909. The van der Waals surface area contributed by atoms with Crippen LogP contribution in [0.4, 0.5) is 39.5 Å². The predicted molar refractivity (Wildman–Crippen MR) is 55.6 cm³/mol. The summed E-state index contributed by atoms with van der Waals surface area (Å²) in [5.41, 5.74) is -7.75. The molecule has 0 aliphatic heterocycles. The molecule has 0 aromatic heterocycles. The number of hydrogen-bond acceptors (Lipinski definition) is 2. The quantitative estimate of drug-likeness (QED) is 0.537. The van der Waals surface area contributed by atoms with Gasteiger partial charge in [-0.05, 0) is 12.3 Å². The predicted octanol–water partition coefficient (Wildman–Crippen LogP) is 4.64. The smallest absolute Gasteiger partial charge is 0.422 e. The number of rotatable bonds is 2. The van der Waals surface area contributed by atoms with Crippen LogP contribution in [-0.2, 0) is 9.53 Å². The van der Waals surface area contributed by atoms with Crippen molar-refractivity contribution >= 4 is 5.97 Å². The van der Waals surface area contributed by atoms with E-state index in [2.05, 4.69) is 4.74 Å². The summed E-state index contributed by atoms with van der Waals surface area (Å²) in [7, 11) is 0. The number of carbonyl (C=O) groups excluding carboxylic acids is 1. The summed E-state index contributed by atoms with van der Waals surface area (Å²) in [5, 5.41) is 0. The van der Waals surface area contributed by atoms with Gasteiger partial charge in [0, 0.05) is 0 Å². The monoisotopic (exact) mass is 348 g/mol. The SMILES string of the molecule is CC(OC(=O)C(C(F)(F)F)(C(F)(F)F)C(F)(F)F)C(C)(C)C. The van der Waals surface area contributed by atoms with Gasteiger partial charge in [-0.15, -0.1) is 0 Å². The fourth-order valence-electron chi connectivity index (χ4n) is 1.26. The highest BCUT2D eigenvalue weighted by Crippen LogP contribution is 2.60. The van der Waals surface area contributed by atoms with Crippen LogP contribution in [0.2, 0.25) is 0 Å². The lowest BCUT2D eigenvalue weighted by atomic mass is 9.84. The molecule has 0 bridgehead atoms. The lowest BCUT2D eigenvalue weighted by Crippen LogP contribution is -2.65. The number of ether oxygens (including phenoxy) is 1. The van der Waals surface area contributed by atoms with Gasteiger partial charge in [-0.1, -0.05) is 20.8 Å². The van der Waals surface area contributed by atoms with E-state index in [0.717, 1.165) is 6.92 Å². The number of hydrogen-bond donors (Lipinski definition) is 0.